The normalized spacial score (nSPS) is 19.2. The Balaban J connectivity index is 1.78. The number of aromatic nitrogens is 2. The van der Waals surface area contributed by atoms with Gasteiger partial charge in [0.05, 0.1) is 13.2 Å². The van der Waals surface area contributed by atoms with Gasteiger partial charge in [-0.05, 0) is 0 Å². The number of hydrazine groups is 1. The molecule has 102 valence electrons. The van der Waals surface area contributed by atoms with Crippen molar-refractivity contribution >= 4 is 17.7 Å². The molecule has 0 radical (unpaired) electrons. The van der Waals surface area contributed by atoms with Gasteiger partial charge in [-0.2, -0.15) is 0 Å². The number of carbonyl (C=O) groups excluding carboxylic acids is 1. The van der Waals surface area contributed by atoms with Crippen molar-refractivity contribution in [3.8, 4) is 0 Å². The minimum Gasteiger partial charge on any atom is -0.379 e. The van der Waals surface area contributed by atoms with Crippen LogP contribution in [-0.2, 0) is 11.3 Å². The standard InChI is InChI=1S/C11H14N4O3S/c16-9(13-14-1-4-18-5-2-14)8-7-12-11-15(10(8)17)3-6-19-11/h7H,1-6H2,(H,13,16). The summed E-state index contributed by atoms with van der Waals surface area (Å²) in [4.78, 5) is 28.4. The van der Waals surface area contributed by atoms with Crippen LogP contribution in [0.5, 0.6) is 0 Å². The number of morpholine rings is 1. The van der Waals surface area contributed by atoms with Crippen molar-refractivity contribution in [3.05, 3.63) is 22.1 Å². The molecule has 0 saturated carbocycles. The van der Waals surface area contributed by atoms with Gasteiger partial charge >= 0.3 is 0 Å². The molecular weight excluding hydrogens is 268 g/mol. The maximum atomic E-state index is 12.1. The van der Waals surface area contributed by atoms with Crippen LogP contribution in [0.25, 0.3) is 0 Å². The van der Waals surface area contributed by atoms with Gasteiger partial charge in [-0.1, -0.05) is 11.8 Å². The van der Waals surface area contributed by atoms with Crippen molar-refractivity contribution in [2.75, 3.05) is 32.1 Å². The molecule has 3 heterocycles. The zero-order valence-electron chi connectivity index (χ0n) is 10.3. The summed E-state index contributed by atoms with van der Waals surface area (Å²) < 4.78 is 6.75. The van der Waals surface area contributed by atoms with E-state index in [-0.39, 0.29) is 11.1 Å². The molecule has 1 fully saturated rings. The number of amides is 1. The monoisotopic (exact) mass is 282 g/mol. The van der Waals surface area contributed by atoms with Crippen molar-refractivity contribution < 1.29 is 9.53 Å². The predicted molar refractivity (Wildman–Crippen MR) is 69.1 cm³/mol. The lowest BCUT2D eigenvalue weighted by molar-refractivity contribution is 0.0125. The second-order valence-electron chi connectivity index (χ2n) is 4.30. The van der Waals surface area contributed by atoms with E-state index in [2.05, 4.69) is 10.4 Å². The average Bonchev–Trinajstić information content (AvgIpc) is 2.89. The summed E-state index contributed by atoms with van der Waals surface area (Å²) in [6, 6.07) is 0. The van der Waals surface area contributed by atoms with Crippen LogP contribution < -0.4 is 11.0 Å². The van der Waals surface area contributed by atoms with Gasteiger partial charge in [-0.25, -0.2) is 9.99 Å². The van der Waals surface area contributed by atoms with Gasteiger partial charge in [0.1, 0.15) is 5.56 Å². The number of fused-ring (bicyclic) bond motifs is 1. The van der Waals surface area contributed by atoms with Crippen LogP contribution in [0.1, 0.15) is 10.4 Å². The molecule has 0 bridgehead atoms. The van der Waals surface area contributed by atoms with Crippen LogP contribution >= 0.6 is 11.8 Å². The van der Waals surface area contributed by atoms with Crippen molar-refractivity contribution in [2.24, 2.45) is 0 Å². The van der Waals surface area contributed by atoms with Gasteiger partial charge in [0.15, 0.2) is 5.16 Å². The first-order valence-electron chi connectivity index (χ1n) is 6.12. The Labute approximate surface area is 113 Å². The minimum atomic E-state index is -0.397. The first-order valence-corrected chi connectivity index (χ1v) is 7.10. The molecule has 7 nitrogen and oxygen atoms in total. The van der Waals surface area contributed by atoms with E-state index in [1.54, 1.807) is 9.58 Å². The fourth-order valence-corrected chi connectivity index (χ4v) is 2.97. The number of hydrogen-bond acceptors (Lipinski definition) is 6. The number of nitrogens with one attached hydrogen (secondary N) is 1. The van der Waals surface area contributed by atoms with Gasteiger partial charge in [0.25, 0.3) is 11.5 Å². The van der Waals surface area contributed by atoms with E-state index in [0.717, 1.165) is 5.75 Å². The second kappa shape index (κ2) is 5.32. The lowest BCUT2D eigenvalue weighted by atomic mass is 10.3. The Morgan fingerprint density at radius 2 is 2.16 bits per heavy atom. The fraction of sp³-hybridized carbons (Fsp3) is 0.545. The van der Waals surface area contributed by atoms with Crippen LogP contribution in [0, 0.1) is 0 Å². The number of rotatable bonds is 2. The molecule has 19 heavy (non-hydrogen) atoms. The number of nitrogens with zero attached hydrogens (tertiary/aromatic N) is 3. The molecule has 1 aromatic heterocycles. The third kappa shape index (κ3) is 2.51. The van der Waals surface area contributed by atoms with Crippen molar-refractivity contribution in [1.82, 2.24) is 20.0 Å². The topological polar surface area (TPSA) is 76.5 Å². The SMILES string of the molecule is O=C(NN1CCOCC1)c1cnc2n(c1=O)CCS2. The molecule has 1 amide bonds. The summed E-state index contributed by atoms with van der Waals surface area (Å²) in [5.41, 5.74) is 2.55. The Hall–Kier alpha value is -1.38. The molecule has 0 atom stereocenters. The minimum absolute atomic E-state index is 0.0951. The summed E-state index contributed by atoms with van der Waals surface area (Å²) in [6.45, 7) is 3.03. The Bertz CT molecular complexity index is 553. The third-order valence-corrected chi connectivity index (χ3v) is 4.04. The van der Waals surface area contributed by atoms with Crippen molar-refractivity contribution in [1.29, 1.82) is 0 Å². The van der Waals surface area contributed by atoms with Crippen molar-refractivity contribution in [2.45, 2.75) is 11.7 Å². The molecule has 1 saturated heterocycles. The molecule has 0 aromatic carbocycles. The Morgan fingerprint density at radius 1 is 1.37 bits per heavy atom. The fourth-order valence-electron chi connectivity index (χ4n) is 2.05. The number of hydrogen-bond donors (Lipinski definition) is 1. The van der Waals surface area contributed by atoms with Gasteiger partial charge in [0.2, 0.25) is 0 Å². The maximum Gasteiger partial charge on any atom is 0.272 e. The van der Waals surface area contributed by atoms with E-state index < -0.39 is 5.91 Å². The smallest absolute Gasteiger partial charge is 0.272 e. The largest absolute Gasteiger partial charge is 0.379 e. The van der Waals surface area contributed by atoms with Gasteiger partial charge in [0, 0.05) is 31.6 Å². The van der Waals surface area contributed by atoms with E-state index in [1.165, 1.54) is 18.0 Å². The lowest BCUT2D eigenvalue weighted by Crippen LogP contribution is -2.49. The molecule has 0 aliphatic carbocycles. The van der Waals surface area contributed by atoms with Gasteiger partial charge < -0.3 is 4.74 Å². The zero-order chi connectivity index (χ0) is 13.2. The third-order valence-electron chi connectivity index (χ3n) is 3.07. The summed E-state index contributed by atoms with van der Waals surface area (Å²) in [5, 5.41) is 2.45. The molecule has 0 unspecified atom stereocenters. The molecule has 1 aromatic rings. The van der Waals surface area contributed by atoms with Crippen molar-refractivity contribution in [3.63, 3.8) is 0 Å². The van der Waals surface area contributed by atoms with Crippen LogP contribution in [0.15, 0.2) is 16.1 Å². The molecule has 2 aliphatic rings. The lowest BCUT2D eigenvalue weighted by Gasteiger charge is -2.26. The second-order valence-corrected chi connectivity index (χ2v) is 5.36. The Kier molecular flexibility index (Phi) is 3.54. The summed E-state index contributed by atoms with van der Waals surface area (Å²) >= 11 is 1.53. The molecule has 8 heteroatoms. The summed E-state index contributed by atoms with van der Waals surface area (Å²) in [5.74, 6) is 0.433. The van der Waals surface area contributed by atoms with Crippen LogP contribution in [0.4, 0.5) is 0 Å². The quantitative estimate of drug-likeness (QED) is 0.725. The molecule has 1 N–H and O–H groups in total. The van der Waals surface area contributed by atoms with Gasteiger partial charge in [-0.15, -0.1) is 0 Å². The highest BCUT2D eigenvalue weighted by molar-refractivity contribution is 7.99. The van der Waals surface area contributed by atoms with E-state index in [1.807, 2.05) is 0 Å². The number of thioether (sulfide) groups is 1. The number of carbonyl (C=O) groups is 1. The van der Waals surface area contributed by atoms with E-state index in [0.29, 0.717) is 38.0 Å². The van der Waals surface area contributed by atoms with E-state index in [4.69, 9.17) is 4.74 Å². The highest BCUT2D eigenvalue weighted by atomic mass is 32.2. The average molecular weight is 282 g/mol. The van der Waals surface area contributed by atoms with Crippen LogP contribution in [0.3, 0.4) is 0 Å². The zero-order valence-corrected chi connectivity index (χ0v) is 11.1. The highest BCUT2D eigenvalue weighted by Gasteiger charge is 2.21. The molecule has 2 aliphatic heterocycles. The first-order chi connectivity index (χ1) is 9.25. The first kappa shape index (κ1) is 12.6. The number of ether oxygens (including phenoxy) is 1. The van der Waals surface area contributed by atoms with Gasteiger partial charge in [-0.3, -0.25) is 19.6 Å². The predicted octanol–water partition coefficient (Wildman–Crippen LogP) is -0.674. The van der Waals surface area contributed by atoms with Crippen LogP contribution in [-0.4, -0.2) is 52.5 Å². The highest BCUT2D eigenvalue weighted by Crippen LogP contribution is 2.20. The molecule has 3 rings (SSSR count). The Morgan fingerprint density at radius 3 is 2.95 bits per heavy atom. The summed E-state index contributed by atoms with van der Waals surface area (Å²) in [7, 11) is 0. The molecule has 0 spiro atoms. The molecular formula is C11H14N4O3S. The van der Waals surface area contributed by atoms with E-state index in [9.17, 15) is 9.59 Å². The van der Waals surface area contributed by atoms with Crippen LogP contribution in [0.2, 0.25) is 0 Å². The summed E-state index contributed by atoms with van der Waals surface area (Å²) in [6.07, 6.45) is 1.36. The van der Waals surface area contributed by atoms with E-state index >= 15 is 0 Å². The maximum absolute atomic E-state index is 12.1.